The summed E-state index contributed by atoms with van der Waals surface area (Å²) in [6, 6.07) is 6.54. The first-order valence-corrected chi connectivity index (χ1v) is 11.8. The van der Waals surface area contributed by atoms with E-state index in [1.807, 2.05) is 4.68 Å². The Morgan fingerprint density at radius 2 is 1.94 bits per heavy atom. The molecule has 0 radical (unpaired) electrons. The molecule has 5 rings (SSSR count). The largest absolute Gasteiger partial charge is 0.322 e. The number of hydrogen-bond acceptors (Lipinski definition) is 4. The monoisotopic (exact) mass is 421 g/mol. The zero-order valence-electron chi connectivity index (χ0n) is 18.8. The smallest absolute Gasteiger partial charge is 0.258 e. The Kier molecular flexibility index (Phi) is 5.38. The quantitative estimate of drug-likeness (QED) is 0.679. The molecule has 31 heavy (non-hydrogen) atoms. The van der Waals surface area contributed by atoms with Crippen LogP contribution in [-0.2, 0) is 0 Å². The van der Waals surface area contributed by atoms with Gasteiger partial charge in [0.15, 0.2) is 6.04 Å². The van der Waals surface area contributed by atoms with Crippen LogP contribution in [0.3, 0.4) is 0 Å². The minimum absolute atomic E-state index is 0.0193. The molecule has 2 aromatic heterocycles. The van der Waals surface area contributed by atoms with Crippen molar-refractivity contribution < 1.29 is 4.90 Å². The standard InChI is InChI=1S/C24H32N6O/c1-15-7-6-10-29(14-15)22(23-26-27-28-30(23)18-8-4-5-9-18)20-13-19-17(3)11-16(2)12-21(19)25-24(20)31/h11-13,15,18,22H,4-10,14H2,1-3H3,(H,25,31)/p+1/t15-,22-/m0/s1. The number of quaternary nitrogens is 1. The van der Waals surface area contributed by atoms with Crippen LogP contribution in [0.1, 0.15) is 80.0 Å². The molecule has 1 aromatic carbocycles. The summed E-state index contributed by atoms with van der Waals surface area (Å²) < 4.78 is 2.04. The fraction of sp³-hybridized carbons (Fsp3) is 0.583. The van der Waals surface area contributed by atoms with Crippen molar-refractivity contribution in [2.75, 3.05) is 13.1 Å². The van der Waals surface area contributed by atoms with Gasteiger partial charge < -0.3 is 9.88 Å². The lowest BCUT2D eigenvalue weighted by Gasteiger charge is -2.34. The van der Waals surface area contributed by atoms with Gasteiger partial charge in [-0.05, 0) is 73.2 Å². The molecule has 164 valence electrons. The van der Waals surface area contributed by atoms with Crippen LogP contribution in [0, 0.1) is 19.8 Å². The van der Waals surface area contributed by atoms with Crippen molar-refractivity contribution in [3.05, 3.63) is 51.1 Å². The number of tetrazole rings is 1. The summed E-state index contributed by atoms with van der Waals surface area (Å²) in [5, 5.41) is 14.1. The van der Waals surface area contributed by atoms with Gasteiger partial charge in [0, 0.05) is 16.8 Å². The molecule has 2 N–H and O–H groups in total. The maximum Gasteiger partial charge on any atom is 0.258 e. The van der Waals surface area contributed by atoms with Gasteiger partial charge in [-0.25, -0.2) is 4.68 Å². The van der Waals surface area contributed by atoms with Crippen LogP contribution in [0.25, 0.3) is 10.9 Å². The molecular formula is C24H33N6O+. The van der Waals surface area contributed by atoms with Crippen molar-refractivity contribution in [3.63, 3.8) is 0 Å². The molecule has 0 bridgehead atoms. The summed E-state index contributed by atoms with van der Waals surface area (Å²) in [5.41, 5.74) is 4.02. The van der Waals surface area contributed by atoms with E-state index in [1.54, 1.807) is 0 Å². The van der Waals surface area contributed by atoms with Gasteiger partial charge in [0.05, 0.1) is 24.7 Å². The van der Waals surface area contributed by atoms with E-state index in [2.05, 4.69) is 59.5 Å². The Morgan fingerprint density at radius 1 is 1.13 bits per heavy atom. The van der Waals surface area contributed by atoms with E-state index in [1.165, 1.54) is 36.1 Å². The van der Waals surface area contributed by atoms with Gasteiger partial charge >= 0.3 is 0 Å². The molecule has 7 nitrogen and oxygen atoms in total. The topological polar surface area (TPSA) is 80.9 Å². The molecule has 1 saturated carbocycles. The van der Waals surface area contributed by atoms with Gasteiger partial charge in [0.25, 0.3) is 5.56 Å². The number of nitrogens with zero attached hydrogens (tertiary/aromatic N) is 4. The predicted octanol–water partition coefficient (Wildman–Crippen LogP) is 2.65. The van der Waals surface area contributed by atoms with Crippen LogP contribution in [0.2, 0.25) is 0 Å². The molecule has 0 amide bonds. The van der Waals surface area contributed by atoms with E-state index >= 15 is 0 Å². The highest BCUT2D eigenvalue weighted by Crippen LogP contribution is 2.31. The van der Waals surface area contributed by atoms with Crippen LogP contribution >= 0.6 is 0 Å². The molecule has 3 aromatic rings. The molecule has 2 fully saturated rings. The number of fused-ring (bicyclic) bond motifs is 1. The Hall–Kier alpha value is -2.54. The third-order valence-corrected chi connectivity index (χ3v) is 7.31. The summed E-state index contributed by atoms with van der Waals surface area (Å²) in [7, 11) is 0. The number of hydrogen-bond donors (Lipinski definition) is 2. The number of piperidine rings is 1. The van der Waals surface area contributed by atoms with Gasteiger partial charge in [-0.2, -0.15) is 0 Å². The maximum atomic E-state index is 13.4. The minimum Gasteiger partial charge on any atom is -0.322 e. The average molecular weight is 422 g/mol. The number of aryl methyl sites for hydroxylation is 2. The molecule has 1 aliphatic carbocycles. The summed E-state index contributed by atoms with van der Waals surface area (Å²) >= 11 is 0. The van der Waals surface area contributed by atoms with Crippen molar-refractivity contribution in [1.29, 1.82) is 0 Å². The average Bonchev–Trinajstić information content (AvgIpc) is 3.40. The molecule has 1 unspecified atom stereocenters. The Morgan fingerprint density at radius 3 is 2.71 bits per heavy atom. The van der Waals surface area contributed by atoms with Crippen molar-refractivity contribution in [1.82, 2.24) is 25.2 Å². The second kappa shape index (κ2) is 8.19. The summed E-state index contributed by atoms with van der Waals surface area (Å²) in [4.78, 5) is 18.0. The predicted molar refractivity (Wildman–Crippen MR) is 120 cm³/mol. The molecule has 2 aliphatic rings. The number of H-pyrrole nitrogens is 1. The van der Waals surface area contributed by atoms with E-state index in [4.69, 9.17) is 0 Å². The van der Waals surface area contributed by atoms with Crippen LogP contribution < -0.4 is 10.5 Å². The third kappa shape index (κ3) is 3.80. The number of aromatic nitrogens is 5. The van der Waals surface area contributed by atoms with Crippen molar-refractivity contribution >= 4 is 10.9 Å². The molecular weight excluding hydrogens is 388 g/mol. The number of likely N-dealkylation sites (tertiary alicyclic amines) is 1. The lowest BCUT2D eigenvalue weighted by molar-refractivity contribution is -0.934. The molecule has 3 atom stereocenters. The highest BCUT2D eigenvalue weighted by molar-refractivity contribution is 5.83. The van der Waals surface area contributed by atoms with Crippen molar-refractivity contribution in [2.45, 2.75) is 71.4 Å². The van der Waals surface area contributed by atoms with E-state index in [0.717, 1.165) is 53.8 Å². The number of pyridine rings is 1. The van der Waals surface area contributed by atoms with E-state index in [0.29, 0.717) is 12.0 Å². The van der Waals surface area contributed by atoms with Crippen LogP contribution in [0.4, 0.5) is 0 Å². The van der Waals surface area contributed by atoms with Gasteiger partial charge in [-0.3, -0.25) is 4.79 Å². The van der Waals surface area contributed by atoms with Crippen LogP contribution in [-0.4, -0.2) is 38.3 Å². The normalized spacial score (nSPS) is 23.5. The van der Waals surface area contributed by atoms with Crippen molar-refractivity contribution in [2.24, 2.45) is 5.92 Å². The molecule has 1 saturated heterocycles. The van der Waals surface area contributed by atoms with E-state index in [9.17, 15) is 4.79 Å². The maximum absolute atomic E-state index is 13.4. The van der Waals surface area contributed by atoms with Gasteiger partial charge in [-0.1, -0.05) is 25.8 Å². The van der Waals surface area contributed by atoms with Crippen LogP contribution in [0.15, 0.2) is 23.0 Å². The zero-order chi connectivity index (χ0) is 21.5. The number of nitrogens with one attached hydrogen (secondary N) is 2. The number of benzene rings is 1. The molecule has 3 heterocycles. The highest BCUT2D eigenvalue weighted by atomic mass is 16.1. The fourth-order valence-corrected chi connectivity index (χ4v) is 5.84. The zero-order valence-corrected chi connectivity index (χ0v) is 18.8. The highest BCUT2D eigenvalue weighted by Gasteiger charge is 2.38. The Bertz CT molecular complexity index is 1140. The lowest BCUT2D eigenvalue weighted by Crippen LogP contribution is -3.14. The van der Waals surface area contributed by atoms with Crippen LogP contribution in [0.5, 0.6) is 0 Å². The minimum atomic E-state index is -0.146. The fourth-order valence-electron chi connectivity index (χ4n) is 5.84. The Labute approximate surface area is 182 Å². The van der Waals surface area contributed by atoms with Gasteiger partial charge in [-0.15, -0.1) is 5.10 Å². The van der Waals surface area contributed by atoms with E-state index in [-0.39, 0.29) is 11.6 Å². The summed E-state index contributed by atoms with van der Waals surface area (Å²) in [6.45, 7) is 8.57. The lowest BCUT2D eigenvalue weighted by atomic mass is 9.95. The first-order valence-electron chi connectivity index (χ1n) is 11.8. The van der Waals surface area contributed by atoms with Crippen molar-refractivity contribution in [3.8, 4) is 0 Å². The first kappa shape index (κ1) is 20.4. The Balaban J connectivity index is 1.67. The van der Waals surface area contributed by atoms with Gasteiger partial charge in [0.2, 0.25) is 5.82 Å². The molecule has 7 heteroatoms. The molecule has 0 spiro atoms. The second-order valence-electron chi connectivity index (χ2n) is 9.81. The summed E-state index contributed by atoms with van der Waals surface area (Å²) in [6.07, 6.45) is 7.08. The van der Waals surface area contributed by atoms with Gasteiger partial charge in [0.1, 0.15) is 0 Å². The number of rotatable bonds is 4. The number of aromatic amines is 1. The second-order valence-corrected chi connectivity index (χ2v) is 9.81. The molecule has 1 aliphatic heterocycles. The first-order chi connectivity index (χ1) is 15.0. The third-order valence-electron chi connectivity index (χ3n) is 7.31. The summed E-state index contributed by atoms with van der Waals surface area (Å²) in [5.74, 6) is 1.48. The SMILES string of the molecule is Cc1cc(C)c2cc([C@@H](c3nnnn3C3CCCC3)[NH+]3CCC[C@H](C)C3)c(=O)[nH]c2c1. The van der Waals surface area contributed by atoms with E-state index < -0.39 is 0 Å².